The van der Waals surface area contributed by atoms with Crippen molar-refractivity contribution < 1.29 is 0 Å². The van der Waals surface area contributed by atoms with Crippen LogP contribution in [0.5, 0.6) is 0 Å². The highest BCUT2D eigenvalue weighted by Gasteiger charge is 2.16. The van der Waals surface area contributed by atoms with E-state index in [9.17, 15) is 0 Å². The van der Waals surface area contributed by atoms with Gasteiger partial charge in [0.15, 0.2) is 5.96 Å². The minimum absolute atomic E-state index is 0.893. The fraction of sp³-hybridized carbons (Fsp3) is 0.944. The van der Waals surface area contributed by atoms with E-state index in [-0.39, 0.29) is 0 Å². The standard InChI is InChI=1S/C18H36N4/c1-19-18(20-12-5-8-16-6-3-4-7-16)21-13-9-17-10-14-22(2)15-11-17/h16-17H,3-15H2,1-2H3,(H2,19,20,21). The lowest BCUT2D eigenvalue weighted by Crippen LogP contribution is -2.39. The first-order chi connectivity index (χ1) is 10.8. The van der Waals surface area contributed by atoms with Gasteiger partial charge in [-0.3, -0.25) is 4.99 Å². The summed E-state index contributed by atoms with van der Waals surface area (Å²) in [5.74, 6) is 2.88. The lowest BCUT2D eigenvalue weighted by molar-refractivity contribution is 0.213. The van der Waals surface area contributed by atoms with E-state index in [2.05, 4.69) is 27.6 Å². The zero-order chi connectivity index (χ0) is 15.6. The fourth-order valence-corrected chi connectivity index (χ4v) is 3.86. The zero-order valence-corrected chi connectivity index (χ0v) is 14.7. The molecule has 1 aliphatic heterocycles. The molecule has 2 aliphatic rings. The quantitative estimate of drug-likeness (QED) is 0.431. The highest BCUT2D eigenvalue weighted by molar-refractivity contribution is 5.79. The molecule has 0 aromatic heterocycles. The second kappa shape index (κ2) is 10.1. The van der Waals surface area contributed by atoms with E-state index >= 15 is 0 Å². The van der Waals surface area contributed by atoms with Crippen molar-refractivity contribution in [3.05, 3.63) is 0 Å². The third-order valence-electron chi connectivity index (χ3n) is 5.46. The smallest absolute Gasteiger partial charge is 0.190 e. The third-order valence-corrected chi connectivity index (χ3v) is 5.46. The van der Waals surface area contributed by atoms with Gasteiger partial charge in [-0.15, -0.1) is 0 Å². The van der Waals surface area contributed by atoms with E-state index in [1.165, 1.54) is 70.9 Å². The Hall–Kier alpha value is -0.770. The molecule has 0 amide bonds. The van der Waals surface area contributed by atoms with E-state index in [1.807, 2.05) is 7.05 Å². The molecule has 128 valence electrons. The molecule has 1 saturated heterocycles. The lowest BCUT2D eigenvalue weighted by Gasteiger charge is -2.29. The van der Waals surface area contributed by atoms with Crippen LogP contribution in [0.1, 0.15) is 57.8 Å². The molecular weight excluding hydrogens is 272 g/mol. The van der Waals surface area contributed by atoms with E-state index in [0.29, 0.717) is 0 Å². The Morgan fingerprint density at radius 2 is 1.59 bits per heavy atom. The number of hydrogen-bond acceptors (Lipinski definition) is 2. The average molecular weight is 309 g/mol. The maximum absolute atomic E-state index is 4.34. The molecule has 0 atom stereocenters. The van der Waals surface area contributed by atoms with Gasteiger partial charge in [-0.05, 0) is 64.1 Å². The van der Waals surface area contributed by atoms with Crippen LogP contribution in [0, 0.1) is 11.8 Å². The van der Waals surface area contributed by atoms with E-state index in [4.69, 9.17) is 0 Å². The van der Waals surface area contributed by atoms with Crippen LogP contribution in [-0.4, -0.2) is 51.1 Å². The average Bonchev–Trinajstić information content (AvgIpc) is 3.05. The van der Waals surface area contributed by atoms with Gasteiger partial charge in [0.1, 0.15) is 0 Å². The summed E-state index contributed by atoms with van der Waals surface area (Å²) in [6.07, 6.45) is 12.5. The van der Waals surface area contributed by atoms with Gasteiger partial charge in [0.2, 0.25) is 0 Å². The maximum Gasteiger partial charge on any atom is 0.190 e. The van der Waals surface area contributed by atoms with Crippen LogP contribution in [-0.2, 0) is 0 Å². The number of aliphatic imine (C=N–C) groups is 1. The molecule has 2 fully saturated rings. The molecule has 0 spiro atoms. The van der Waals surface area contributed by atoms with Crippen molar-refractivity contribution in [3.63, 3.8) is 0 Å². The van der Waals surface area contributed by atoms with Crippen LogP contribution < -0.4 is 10.6 Å². The van der Waals surface area contributed by atoms with Gasteiger partial charge in [-0.25, -0.2) is 0 Å². The van der Waals surface area contributed by atoms with Gasteiger partial charge >= 0.3 is 0 Å². The number of rotatable bonds is 7. The highest BCUT2D eigenvalue weighted by atomic mass is 15.2. The van der Waals surface area contributed by atoms with Crippen LogP contribution >= 0.6 is 0 Å². The summed E-state index contributed by atoms with van der Waals surface area (Å²) in [4.78, 5) is 6.78. The molecule has 4 heteroatoms. The van der Waals surface area contributed by atoms with Crippen LogP contribution in [0.2, 0.25) is 0 Å². The van der Waals surface area contributed by atoms with E-state index in [0.717, 1.165) is 30.9 Å². The summed E-state index contributed by atoms with van der Waals surface area (Å²) < 4.78 is 0. The summed E-state index contributed by atoms with van der Waals surface area (Å²) >= 11 is 0. The number of guanidine groups is 1. The van der Waals surface area contributed by atoms with Crippen molar-refractivity contribution in [3.8, 4) is 0 Å². The molecule has 2 N–H and O–H groups in total. The Kier molecular flexibility index (Phi) is 8.06. The molecule has 1 heterocycles. The summed E-state index contributed by atoms with van der Waals surface area (Å²) in [5, 5.41) is 6.95. The number of likely N-dealkylation sites (tertiary alicyclic amines) is 1. The number of piperidine rings is 1. The molecule has 0 aromatic carbocycles. The predicted octanol–water partition coefficient (Wildman–Crippen LogP) is 2.85. The minimum atomic E-state index is 0.893. The lowest BCUT2D eigenvalue weighted by atomic mass is 9.94. The molecular formula is C18H36N4. The molecule has 0 bridgehead atoms. The Morgan fingerprint density at radius 3 is 2.27 bits per heavy atom. The summed E-state index contributed by atoms with van der Waals surface area (Å²) in [6.45, 7) is 4.64. The van der Waals surface area contributed by atoms with E-state index < -0.39 is 0 Å². The van der Waals surface area contributed by atoms with Gasteiger partial charge in [-0.1, -0.05) is 25.7 Å². The van der Waals surface area contributed by atoms with Gasteiger partial charge in [0.05, 0.1) is 0 Å². The first-order valence-electron chi connectivity index (χ1n) is 9.41. The van der Waals surface area contributed by atoms with Crippen molar-refractivity contribution >= 4 is 5.96 Å². The van der Waals surface area contributed by atoms with Crippen molar-refractivity contribution in [1.82, 2.24) is 15.5 Å². The molecule has 4 nitrogen and oxygen atoms in total. The van der Waals surface area contributed by atoms with Gasteiger partial charge in [0, 0.05) is 20.1 Å². The number of nitrogens with zero attached hydrogens (tertiary/aromatic N) is 2. The third kappa shape index (κ3) is 6.55. The predicted molar refractivity (Wildman–Crippen MR) is 95.4 cm³/mol. The number of nitrogens with one attached hydrogen (secondary N) is 2. The SMILES string of the molecule is CN=C(NCCCC1CCCC1)NCCC1CCN(C)CC1. The molecule has 1 aliphatic carbocycles. The second-order valence-corrected chi connectivity index (χ2v) is 7.25. The van der Waals surface area contributed by atoms with Crippen molar-refractivity contribution in [1.29, 1.82) is 0 Å². The summed E-state index contributed by atoms with van der Waals surface area (Å²) in [7, 11) is 4.10. The molecule has 22 heavy (non-hydrogen) atoms. The molecule has 0 unspecified atom stereocenters. The monoisotopic (exact) mass is 308 g/mol. The second-order valence-electron chi connectivity index (χ2n) is 7.25. The van der Waals surface area contributed by atoms with Gasteiger partial charge < -0.3 is 15.5 Å². The van der Waals surface area contributed by atoms with Gasteiger partial charge in [0.25, 0.3) is 0 Å². The highest BCUT2D eigenvalue weighted by Crippen LogP contribution is 2.28. The number of hydrogen-bond donors (Lipinski definition) is 2. The Labute approximate surface area is 137 Å². The maximum atomic E-state index is 4.34. The summed E-state index contributed by atoms with van der Waals surface area (Å²) in [6, 6.07) is 0. The van der Waals surface area contributed by atoms with Crippen LogP contribution in [0.4, 0.5) is 0 Å². The Balaban J connectivity index is 1.49. The van der Waals surface area contributed by atoms with Crippen LogP contribution in [0.15, 0.2) is 4.99 Å². The van der Waals surface area contributed by atoms with Crippen molar-refractivity contribution in [2.75, 3.05) is 40.3 Å². The van der Waals surface area contributed by atoms with Crippen LogP contribution in [0.3, 0.4) is 0 Å². The van der Waals surface area contributed by atoms with Crippen molar-refractivity contribution in [2.45, 2.75) is 57.8 Å². The first kappa shape index (κ1) is 17.6. The largest absolute Gasteiger partial charge is 0.356 e. The molecule has 2 rings (SSSR count). The van der Waals surface area contributed by atoms with Gasteiger partial charge in [-0.2, -0.15) is 0 Å². The zero-order valence-electron chi connectivity index (χ0n) is 14.7. The molecule has 0 aromatic rings. The topological polar surface area (TPSA) is 39.7 Å². The van der Waals surface area contributed by atoms with Crippen molar-refractivity contribution in [2.24, 2.45) is 16.8 Å². The van der Waals surface area contributed by atoms with E-state index in [1.54, 1.807) is 0 Å². The molecule has 0 radical (unpaired) electrons. The Morgan fingerprint density at radius 1 is 0.955 bits per heavy atom. The van der Waals surface area contributed by atoms with Crippen LogP contribution in [0.25, 0.3) is 0 Å². The summed E-state index contributed by atoms with van der Waals surface area (Å²) in [5.41, 5.74) is 0. The minimum Gasteiger partial charge on any atom is -0.356 e. The Bertz CT molecular complexity index is 315. The first-order valence-corrected chi connectivity index (χ1v) is 9.41. The normalized spacial score (nSPS) is 22.2. The fourth-order valence-electron chi connectivity index (χ4n) is 3.86. The molecule has 1 saturated carbocycles.